The summed E-state index contributed by atoms with van der Waals surface area (Å²) in [5.41, 5.74) is 15.4. The highest BCUT2D eigenvalue weighted by molar-refractivity contribution is 8.07. The molecule has 0 spiro atoms. The van der Waals surface area contributed by atoms with Gasteiger partial charge in [0.2, 0.25) is 17.7 Å². The Hall–Kier alpha value is -4.73. The third kappa shape index (κ3) is 10.7. The van der Waals surface area contributed by atoms with Crippen molar-refractivity contribution in [2.75, 3.05) is 37.0 Å². The Morgan fingerprint density at radius 1 is 0.689 bits per heavy atom. The minimum absolute atomic E-state index is 0.00509. The molecule has 6 aromatic rings. The van der Waals surface area contributed by atoms with Crippen LogP contribution in [0.15, 0.2) is 34.9 Å². The molecule has 0 radical (unpaired) electrons. The van der Waals surface area contributed by atoms with Crippen molar-refractivity contribution in [1.82, 2.24) is 53.6 Å². The van der Waals surface area contributed by atoms with Crippen LogP contribution in [0, 0.1) is 0 Å². The zero-order chi connectivity index (χ0) is 53.6. The van der Waals surface area contributed by atoms with Crippen LogP contribution in [-0.4, -0.2) is 173 Å². The first kappa shape index (κ1) is 54.1. The fourth-order valence-electron chi connectivity index (χ4n) is 8.04. The summed E-state index contributed by atoms with van der Waals surface area (Å²) in [7, 11) is -16.4. The summed E-state index contributed by atoms with van der Waals surface area (Å²) < 4.78 is 89.4. The Kier molecular flexibility index (Phi) is 14.6. The average molecular weight is 1150 g/mol. The first-order valence-electron chi connectivity index (χ1n) is 20.8. The van der Waals surface area contributed by atoms with E-state index in [1.165, 1.54) is 17.9 Å². The van der Waals surface area contributed by atoms with Crippen LogP contribution >= 0.6 is 30.2 Å². The average Bonchev–Trinajstić information content (AvgIpc) is 4.15. The lowest BCUT2D eigenvalue weighted by atomic mass is 10.1. The van der Waals surface area contributed by atoms with Gasteiger partial charge in [0.15, 0.2) is 41.4 Å². The number of imidazole rings is 3. The second-order valence-corrected chi connectivity index (χ2v) is 23.7. The van der Waals surface area contributed by atoms with Crippen LogP contribution in [0.5, 0.6) is 0 Å². The molecule has 0 saturated carbocycles. The van der Waals surface area contributed by atoms with Crippen LogP contribution in [0.2, 0.25) is 0 Å². The number of hydrogen-bond donors (Lipinski definition) is 14. The van der Waals surface area contributed by atoms with Crippen molar-refractivity contribution >= 4 is 93.2 Å². The number of nitrogens with two attached hydrogens (primary N) is 3. The van der Waals surface area contributed by atoms with Crippen molar-refractivity contribution in [2.24, 2.45) is 7.05 Å². The summed E-state index contributed by atoms with van der Waals surface area (Å²) in [6.07, 6.45) is -16.0. The molecule has 0 aliphatic carbocycles. The smallest absolute Gasteiger partial charge is 0.387 e. The molecule has 6 aromatic heterocycles. The van der Waals surface area contributed by atoms with E-state index in [-0.39, 0.29) is 51.2 Å². The highest BCUT2D eigenvalue weighted by Crippen LogP contribution is 2.68. The van der Waals surface area contributed by atoms with E-state index in [9.17, 15) is 68.4 Å². The molecule has 38 nitrogen and oxygen atoms in total. The maximum atomic E-state index is 13.0. The number of aromatic amines is 2. The number of rotatable bonds is 18. The lowest BCUT2D eigenvalue weighted by molar-refractivity contribution is -0.745. The zero-order valence-corrected chi connectivity index (χ0v) is 41.4. The van der Waals surface area contributed by atoms with Gasteiger partial charge in [-0.15, -0.1) is 0 Å². The first-order chi connectivity index (χ1) is 34.6. The molecular formula is C31H42N15O23P4S+. The summed E-state index contributed by atoms with van der Waals surface area (Å²) in [5, 5.41) is 54.6. The molecule has 17 N–H and O–H groups in total. The largest absolute Gasteiger partial charge is 0.490 e. The van der Waals surface area contributed by atoms with E-state index in [1.807, 2.05) is 0 Å². The molecule has 9 heterocycles. The zero-order valence-electron chi connectivity index (χ0n) is 37.0. The van der Waals surface area contributed by atoms with Gasteiger partial charge in [-0.05, 0) is 11.8 Å². The number of anilines is 3. The Bertz CT molecular complexity index is 3450. The Labute approximate surface area is 413 Å². The van der Waals surface area contributed by atoms with Crippen LogP contribution in [0.1, 0.15) is 18.7 Å². The molecule has 3 aliphatic heterocycles. The van der Waals surface area contributed by atoms with Crippen molar-refractivity contribution in [3.8, 4) is 0 Å². The minimum Gasteiger partial charge on any atom is -0.387 e. The third-order valence-corrected chi connectivity index (χ3v) is 17.1. The van der Waals surface area contributed by atoms with Gasteiger partial charge >= 0.3 is 35.8 Å². The Morgan fingerprint density at radius 2 is 1.24 bits per heavy atom. The fraction of sp³-hybridized carbons (Fsp3) is 0.516. The summed E-state index contributed by atoms with van der Waals surface area (Å²) in [5.74, 6) is -0.714. The normalized spacial score (nSPS) is 30.7. The fourth-order valence-corrected chi connectivity index (χ4v) is 13.0. The molecule has 0 bridgehead atoms. The number of ether oxygens (including phenoxy) is 3. The predicted octanol–water partition coefficient (Wildman–Crippen LogP) is -5.25. The van der Waals surface area contributed by atoms with E-state index in [4.69, 9.17) is 56.8 Å². The summed E-state index contributed by atoms with van der Waals surface area (Å²) in [6.45, 7) is -7.79. The molecular weight excluding hydrogens is 1110 g/mol. The molecule has 0 aromatic carbocycles. The van der Waals surface area contributed by atoms with Crippen molar-refractivity contribution in [1.29, 1.82) is 0 Å². The number of nitrogen functional groups attached to an aromatic ring is 3. The van der Waals surface area contributed by atoms with Crippen molar-refractivity contribution in [2.45, 2.75) is 73.6 Å². The lowest BCUT2D eigenvalue weighted by Crippen LogP contribution is -2.46. The van der Waals surface area contributed by atoms with E-state index in [0.29, 0.717) is 0 Å². The minimum atomic E-state index is -6.16. The van der Waals surface area contributed by atoms with Gasteiger partial charge in [-0.3, -0.25) is 46.8 Å². The highest BCUT2D eigenvalue weighted by Gasteiger charge is 2.52. The maximum absolute atomic E-state index is 13.0. The van der Waals surface area contributed by atoms with Gasteiger partial charge < -0.3 is 81.0 Å². The molecule has 74 heavy (non-hydrogen) atoms. The molecule has 43 heteroatoms. The van der Waals surface area contributed by atoms with Gasteiger partial charge in [-0.2, -0.15) is 13.6 Å². The van der Waals surface area contributed by atoms with Crippen LogP contribution in [0.3, 0.4) is 0 Å². The Balaban J connectivity index is 0.836. The first-order valence-corrected chi connectivity index (χ1v) is 27.8. The number of aliphatic hydroxyl groups excluding tert-OH is 5. The van der Waals surface area contributed by atoms with Gasteiger partial charge in [0.05, 0.1) is 39.5 Å². The molecule has 16 atom stereocenters. The van der Waals surface area contributed by atoms with Gasteiger partial charge in [0, 0.05) is 0 Å². The van der Waals surface area contributed by atoms with Gasteiger partial charge in [-0.1, -0.05) is 4.98 Å². The van der Waals surface area contributed by atoms with Gasteiger partial charge in [0.25, 0.3) is 17.1 Å². The number of aryl methyl sites for hydroxylation is 1. The number of H-pyrrole nitrogens is 2. The third-order valence-electron chi connectivity index (χ3n) is 11.3. The molecule has 404 valence electrons. The van der Waals surface area contributed by atoms with E-state index < -0.39 is 135 Å². The number of nitrogens with zero attached hydrogens (tertiary/aromatic N) is 10. The molecule has 3 aliphatic rings. The van der Waals surface area contributed by atoms with Crippen molar-refractivity contribution < 1.29 is 104 Å². The van der Waals surface area contributed by atoms with Crippen LogP contribution in [0.4, 0.5) is 17.7 Å². The molecule has 3 saturated heterocycles. The van der Waals surface area contributed by atoms with Gasteiger partial charge in [0.1, 0.15) is 66.8 Å². The number of phosphoric ester groups is 2. The number of nitrogens with one attached hydrogen (secondary N) is 2. The topological polar surface area (TPSA) is 556 Å². The number of phosphoric acid groups is 3. The summed E-state index contributed by atoms with van der Waals surface area (Å²) >= 11 is 5.21. The van der Waals surface area contributed by atoms with E-state index in [2.05, 4.69) is 53.0 Å². The summed E-state index contributed by atoms with van der Waals surface area (Å²) in [4.78, 5) is 95.5. The second kappa shape index (κ2) is 20.0. The van der Waals surface area contributed by atoms with Crippen LogP contribution in [-0.2, 0) is 73.5 Å². The molecule has 0 amide bonds. The molecule has 3 fully saturated rings. The highest BCUT2D eigenvalue weighted by atomic mass is 32.5. The van der Waals surface area contributed by atoms with E-state index >= 15 is 0 Å². The Morgan fingerprint density at radius 3 is 1.92 bits per heavy atom. The number of aliphatic hydroxyl groups is 5. The van der Waals surface area contributed by atoms with Crippen LogP contribution < -0.4 is 32.9 Å². The van der Waals surface area contributed by atoms with E-state index in [1.54, 1.807) is 0 Å². The SMILES string of the molecule is Cn1c[n+]([C@@H]2O[C@H](COP(=O)(O)OP(=O)(O)OP(=O)(O)OC[C@H]3O[C@@H](n4cnc5c(N)ncnc54)[C@H](OP(O)(=S)OC[C@H]4O[C@@H](n5cnc6c(=O)[nH]c(N)nc65)[C@H](O)[C@@H]4O)[C@@H]3O)[C@@H](O)[C@H]2O)c2nc(N)[nH]c(=O)c21. The molecule has 9 rings (SSSR count). The van der Waals surface area contributed by atoms with Crippen LogP contribution in [0.25, 0.3) is 33.5 Å². The maximum Gasteiger partial charge on any atom is 0.490 e. The monoisotopic (exact) mass is 1150 g/mol. The predicted molar refractivity (Wildman–Crippen MR) is 241 cm³/mol. The quantitative estimate of drug-likeness (QED) is 0.0282. The van der Waals surface area contributed by atoms with Crippen molar-refractivity contribution in [3.63, 3.8) is 0 Å². The number of hydrogen-bond acceptors (Lipinski definition) is 29. The van der Waals surface area contributed by atoms with Gasteiger partial charge in [-0.25, -0.2) is 38.2 Å². The molecule has 4 unspecified atom stereocenters. The summed E-state index contributed by atoms with van der Waals surface area (Å²) in [6, 6.07) is 0. The number of fused-ring (bicyclic) bond motifs is 3. The van der Waals surface area contributed by atoms with E-state index in [0.717, 1.165) is 32.7 Å². The second-order valence-electron chi connectivity index (χ2n) is 16.3. The number of aromatic nitrogens is 12. The standard InChI is InChI=1S/C31H41N15O23P4S/c1-43-8-46(24-14(43)26(53)42-31(34)40-24)28-19(51)15(47)9(65-28)2-61-70(54,55)68-72(58,59)69-71(56,57)62-3-11-17(49)20(29(66-11)44-6-37-12-21(32)35-5-36-22(12)44)67-73(60,74)63-4-10-16(48)18(50)27(64-10)45-7-38-13-23(45)39-30(33)41-25(13)52/h5-11,15-20,27-29,47-51H,2-4H2,1H3,(H11-,32,33,34,35,36,39,40,41,42,52,53,54,55,56,57,58,59,60,74)/p+1/t9-,10-,11-,15-,16-,17-,18-,19-,20-,27-,28-,29-,73?/m1/s1. The van der Waals surface area contributed by atoms with Crippen molar-refractivity contribution in [3.05, 3.63) is 46.0 Å². The lowest BCUT2D eigenvalue weighted by Gasteiger charge is -2.27.